The van der Waals surface area contributed by atoms with Crippen LogP contribution in [-0.2, 0) is 6.42 Å². The number of carbonyl (C=O) groups is 1. The van der Waals surface area contributed by atoms with Gasteiger partial charge in [0.2, 0.25) is 5.78 Å². The molecule has 0 aliphatic carbocycles. The Morgan fingerprint density at radius 3 is 3.06 bits per heavy atom. The number of fused-ring (bicyclic) bond motifs is 1. The van der Waals surface area contributed by atoms with Crippen molar-refractivity contribution in [2.75, 3.05) is 0 Å². The number of aromatic nitrogens is 2. The van der Waals surface area contributed by atoms with Crippen molar-refractivity contribution in [1.29, 1.82) is 0 Å². The summed E-state index contributed by atoms with van der Waals surface area (Å²) in [7, 11) is 0. The van der Waals surface area contributed by atoms with Crippen molar-refractivity contribution < 1.29 is 9.21 Å². The first-order valence-electron chi connectivity index (χ1n) is 5.85. The summed E-state index contributed by atoms with van der Waals surface area (Å²) < 4.78 is 5.48. The molecule has 3 aromatic rings. The number of hydrogen-bond donors (Lipinski definition) is 1. The number of nitrogens with zero attached hydrogens (tertiary/aromatic N) is 1. The maximum absolute atomic E-state index is 12.3. The van der Waals surface area contributed by atoms with E-state index in [0.29, 0.717) is 17.0 Å². The molecule has 0 amide bonds. The maximum Gasteiger partial charge on any atom is 0.230 e. The fraction of sp³-hybridized carbons (Fsp3) is 0.143. The van der Waals surface area contributed by atoms with Crippen LogP contribution in [0.2, 0.25) is 0 Å². The number of carbonyl (C=O) groups excluding carboxylic acids is 1. The molecule has 0 spiro atoms. The molecule has 4 heteroatoms. The van der Waals surface area contributed by atoms with E-state index in [1.165, 1.54) is 0 Å². The fourth-order valence-electron chi connectivity index (χ4n) is 1.97. The minimum absolute atomic E-state index is 0.117. The van der Waals surface area contributed by atoms with Gasteiger partial charge in [-0.1, -0.05) is 6.92 Å². The molecule has 0 unspecified atom stereocenters. The van der Waals surface area contributed by atoms with Gasteiger partial charge in [0.25, 0.3) is 0 Å². The van der Waals surface area contributed by atoms with Gasteiger partial charge in [-0.3, -0.25) is 4.79 Å². The number of hydrogen-bond acceptors (Lipinski definition) is 3. The highest BCUT2D eigenvalue weighted by Gasteiger charge is 2.17. The van der Waals surface area contributed by atoms with Crippen LogP contribution in [0.5, 0.6) is 0 Å². The Balaban J connectivity index is 2.06. The molecule has 3 heterocycles. The number of furan rings is 1. The Labute approximate surface area is 104 Å². The third kappa shape index (κ3) is 1.62. The van der Waals surface area contributed by atoms with Crippen LogP contribution in [0.1, 0.15) is 28.8 Å². The molecule has 0 bridgehead atoms. The second kappa shape index (κ2) is 4.14. The molecule has 3 aromatic heterocycles. The lowest BCUT2D eigenvalue weighted by Gasteiger charge is -1.95. The van der Waals surface area contributed by atoms with Gasteiger partial charge < -0.3 is 9.40 Å². The highest BCUT2D eigenvalue weighted by Crippen LogP contribution is 2.20. The summed E-state index contributed by atoms with van der Waals surface area (Å²) in [5, 5.41) is 0.817. The molecule has 0 aliphatic rings. The van der Waals surface area contributed by atoms with Crippen molar-refractivity contribution in [3.8, 4) is 0 Å². The van der Waals surface area contributed by atoms with E-state index < -0.39 is 0 Å². The zero-order chi connectivity index (χ0) is 12.5. The van der Waals surface area contributed by atoms with Crippen LogP contribution in [0, 0.1) is 0 Å². The zero-order valence-electron chi connectivity index (χ0n) is 9.93. The maximum atomic E-state index is 12.3. The fourth-order valence-corrected chi connectivity index (χ4v) is 1.97. The van der Waals surface area contributed by atoms with Crippen LogP contribution in [0.4, 0.5) is 0 Å². The molecule has 1 N–H and O–H groups in total. The Morgan fingerprint density at radius 1 is 1.39 bits per heavy atom. The second-order valence-electron chi connectivity index (χ2n) is 4.05. The summed E-state index contributed by atoms with van der Waals surface area (Å²) in [4.78, 5) is 19.5. The average molecular weight is 240 g/mol. The van der Waals surface area contributed by atoms with Gasteiger partial charge in [-0.15, -0.1) is 0 Å². The Hall–Kier alpha value is -2.36. The van der Waals surface area contributed by atoms with E-state index in [9.17, 15) is 4.79 Å². The van der Waals surface area contributed by atoms with Crippen molar-refractivity contribution in [2.45, 2.75) is 13.3 Å². The largest absolute Gasteiger partial charge is 0.458 e. The molecular formula is C14H12N2O2. The highest BCUT2D eigenvalue weighted by molar-refractivity contribution is 6.14. The minimum atomic E-state index is -0.117. The number of H-pyrrole nitrogens is 1. The molecule has 0 aromatic carbocycles. The van der Waals surface area contributed by atoms with E-state index in [1.54, 1.807) is 18.5 Å². The lowest BCUT2D eigenvalue weighted by Crippen LogP contribution is -1.98. The molecule has 90 valence electrons. The van der Waals surface area contributed by atoms with Crippen molar-refractivity contribution in [1.82, 2.24) is 9.97 Å². The Bertz CT molecular complexity index is 709. The lowest BCUT2D eigenvalue weighted by molar-refractivity contribution is 0.101. The van der Waals surface area contributed by atoms with Crippen LogP contribution in [0.25, 0.3) is 11.0 Å². The van der Waals surface area contributed by atoms with E-state index in [4.69, 9.17) is 4.42 Å². The molecule has 0 atom stereocenters. The Kier molecular flexibility index (Phi) is 2.48. The van der Waals surface area contributed by atoms with E-state index in [-0.39, 0.29) is 5.78 Å². The third-order valence-electron chi connectivity index (χ3n) is 2.93. The summed E-state index contributed by atoms with van der Waals surface area (Å²) in [6, 6.07) is 7.24. The molecule has 0 saturated carbocycles. The summed E-state index contributed by atoms with van der Waals surface area (Å²) in [5.74, 6) is 1.07. The predicted octanol–water partition coefficient (Wildman–Crippen LogP) is 2.95. The number of rotatable bonds is 3. The molecule has 3 rings (SSSR count). The molecule has 0 fully saturated rings. The quantitative estimate of drug-likeness (QED) is 0.716. The predicted molar refractivity (Wildman–Crippen MR) is 67.6 cm³/mol. The van der Waals surface area contributed by atoms with Crippen LogP contribution < -0.4 is 0 Å². The van der Waals surface area contributed by atoms with E-state index in [0.717, 1.165) is 17.6 Å². The van der Waals surface area contributed by atoms with E-state index >= 15 is 0 Å². The highest BCUT2D eigenvalue weighted by atomic mass is 16.3. The molecule has 4 nitrogen and oxygen atoms in total. The van der Waals surface area contributed by atoms with Gasteiger partial charge >= 0.3 is 0 Å². The van der Waals surface area contributed by atoms with Crippen molar-refractivity contribution >= 4 is 16.8 Å². The Morgan fingerprint density at radius 2 is 2.28 bits per heavy atom. The van der Waals surface area contributed by atoms with Crippen LogP contribution in [0.3, 0.4) is 0 Å². The number of aromatic amines is 1. The van der Waals surface area contributed by atoms with Crippen molar-refractivity contribution in [2.24, 2.45) is 0 Å². The molecular weight excluding hydrogens is 228 g/mol. The number of aryl methyl sites for hydroxylation is 1. The van der Waals surface area contributed by atoms with Crippen LogP contribution in [-0.4, -0.2) is 15.8 Å². The van der Waals surface area contributed by atoms with Crippen LogP contribution in [0.15, 0.2) is 41.1 Å². The second-order valence-corrected chi connectivity index (χ2v) is 4.05. The van der Waals surface area contributed by atoms with Gasteiger partial charge in [0, 0.05) is 24.2 Å². The van der Waals surface area contributed by atoms with Crippen LogP contribution >= 0.6 is 0 Å². The minimum Gasteiger partial charge on any atom is -0.458 e. The number of ketones is 1. The summed E-state index contributed by atoms with van der Waals surface area (Å²) in [6.07, 6.45) is 4.14. The smallest absolute Gasteiger partial charge is 0.230 e. The summed E-state index contributed by atoms with van der Waals surface area (Å²) in [6.45, 7) is 1.99. The van der Waals surface area contributed by atoms with E-state index in [2.05, 4.69) is 9.97 Å². The standard InChI is InChI=1S/C14H12N2O2/c1-2-9-5-6-12(18-9)13(17)11-8-16-14-10(11)4-3-7-15-14/h3-8H,2H2,1H3,(H,15,16). The van der Waals surface area contributed by atoms with Crippen molar-refractivity contribution in [3.63, 3.8) is 0 Å². The van der Waals surface area contributed by atoms with Gasteiger partial charge in [0.1, 0.15) is 11.4 Å². The normalized spacial score (nSPS) is 10.9. The summed E-state index contributed by atoms with van der Waals surface area (Å²) >= 11 is 0. The first-order chi connectivity index (χ1) is 8.79. The average Bonchev–Trinajstić information content (AvgIpc) is 3.04. The van der Waals surface area contributed by atoms with Gasteiger partial charge in [-0.25, -0.2) is 4.98 Å². The first kappa shape index (κ1) is 10.8. The zero-order valence-corrected chi connectivity index (χ0v) is 9.93. The van der Waals surface area contributed by atoms with Crippen molar-refractivity contribution in [3.05, 3.63) is 53.7 Å². The van der Waals surface area contributed by atoms with Gasteiger partial charge in [-0.2, -0.15) is 0 Å². The number of nitrogens with one attached hydrogen (secondary N) is 1. The molecule has 0 aliphatic heterocycles. The molecule has 0 radical (unpaired) electrons. The lowest BCUT2D eigenvalue weighted by atomic mass is 10.1. The molecule has 0 saturated heterocycles. The first-order valence-corrected chi connectivity index (χ1v) is 5.85. The van der Waals surface area contributed by atoms with Gasteiger partial charge in [0.15, 0.2) is 5.76 Å². The van der Waals surface area contributed by atoms with Gasteiger partial charge in [-0.05, 0) is 24.3 Å². The SMILES string of the molecule is CCc1ccc(C(=O)c2c[nH]c3ncccc23)o1. The number of pyridine rings is 1. The topological polar surface area (TPSA) is 58.9 Å². The summed E-state index contributed by atoms with van der Waals surface area (Å²) in [5.41, 5.74) is 1.30. The van der Waals surface area contributed by atoms with E-state index in [1.807, 2.05) is 25.1 Å². The molecule has 18 heavy (non-hydrogen) atoms. The van der Waals surface area contributed by atoms with Gasteiger partial charge in [0.05, 0.1) is 5.56 Å². The third-order valence-corrected chi connectivity index (χ3v) is 2.93. The monoisotopic (exact) mass is 240 g/mol.